The summed E-state index contributed by atoms with van der Waals surface area (Å²) >= 11 is 0. The third-order valence-electron chi connectivity index (χ3n) is 8.11. The van der Waals surface area contributed by atoms with E-state index in [-0.39, 0.29) is 28.4 Å². The van der Waals surface area contributed by atoms with Gasteiger partial charge >= 0.3 is 5.97 Å². The van der Waals surface area contributed by atoms with Crippen molar-refractivity contribution in [1.82, 2.24) is 0 Å². The van der Waals surface area contributed by atoms with Crippen molar-refractivity contribution >= 4 is 11.8 Å². The molecule has 3 saturated carbocycles. The summed E-state index contributed by atoms with van der Waals surface area (Å²) in [7, 11) is 0. The summed E-state index contributed by atoms with van der Waals surface area (Å²) in [5.41, 5.74) is 0.535. The fourth-order valence-corrected chi connectivity index (χ4v) is 7.16. The third-order valence-corrected chi connectivity index (χ3v) is 8.11. The van der Waals surface area contributed by atoms with Gasteiger partial charge in [-0.2, -0.15) is 0 Å². The number of allylic oxidation sites excluding steroid dienone is 4. The van der Waals surface area contributed by atoms with Crippen LogP contribution in [0, 0.1) is 40.4 Å². The van der Waals surface area contributed by atoms with Crippen LogP contribution in [0.15, 0.2) is 23.8 Å². The number of hydrogen-bond donors (Lipinski definition) is 2. The van der Waals surface area contributed by atoms with Gasteiger partial charge in [-0.1, -0.05) is 32.4 Å². The quantitative estimate of drug-likeness (QED) is 0.766. The minimum atomic E-state index is -0.713. The van der Waals surface area contributed by atoms with Crippen molar-refractivity contribution in [2.45, 2.75) is 52.6 Å². The van der Waals surface area contributed by atoms with Gasteiger partial charge in [-0.15, -0.1) is 0 Å². The monoisotopic (exact) mass is 344 g/mol. The van der Waals surface area contributed by atoms with Crippen LogP contribution >= 0.6 is 0 Å². The zero-order valence-corrected chi connectivity index (χ0v) is 15.2. The highest BCUT2D eigenvalue weighted by Crippen LogP contribution is 2.66. The van der Waals surface area contributed by atoms with E-state index in [4.69, 9.17) is 0 Å². The predicted octanol–water partition coefficient (Wildman–Crippen LogP) is 3.21. The molecule has 1 unspecified atom stereocenters. The summed E-state index contributed by atoms with van der Waals surface area (Å²) in [6, 6.07) is 0. The number of fused-ring (bicyclic) bond motifs is 5. The van der Waals surface area contributed by atoms with E-state index < -0.39 is 12.1 Å². The van der Waals surface area contributed by atoms with E-state index in [2.05, 4.69) is 20.8 Å². The highest BCUT2D eigenvalue weighted by molar-refractivity contribution is 6.01. The average molecular weight is 344 g/mol. The molecule has 4 aliphatic rings. The molecule has 0 aromatic rings. The normalized spacial score (nSPS) is 51.4. The first-order valence-corrected chi connectivity index (χ1v) is 9.54. The van der Waals surface area contributed by atoms with Crippen LogP contribution in [0.2, 0.25) is 0 Å². The van der Waals surface area contributed by atoms with E-state index in [1.807, 2.05) is 6.08 Å². The van der Waals surface area contributed by atoms with E-state index in [1.54, 1.807) is 12.2 Å². The van der Waals surface area contributed by atoms with Crippen molar-refractivity contribution in [3.63, 3.8) is 0 Å². The molecule has 0 bridgehead atoms. The summed E-state index contributed by atoms with van der Waals surface area (Å²) in [4.78, 5) is 23.7. The molecule has 4 nitrogen and oxygen atoms in total. The fraction of sp³-hybridized carbons (Fsp3) is 0.714. The van der Waals surface area contributed by atoms with Gasteiger partial charge in [0.25, 0.3) is 0 Å². The Balaban J connectivity index is 1.77. The highest BCUT2D eigenvalue weighted by Gasteiger charge is 2.63. The molecule has 4 rings (SSSR count). The van der Waals surface area contributed by atoms with Gasteiger partial charge in [0.2, 0.25) is 0 Å². The summed E-state index contributed by atoms with van der Waals surface area (Å²) in [6.07, 6.45) is 8.05. The van der Waals surface area contributed by atoms with Crippen molar-refractivity contribution in [1.29, 1.82) is 0 Å². The summed E-state index contributed by atoms with van der Waals surface area (Å²) in [5.74, 6) is -0.00346. The summed E-state index contributed by atoms with van der Waals surface area (Å²) in [5, 5.41) is 20.8. The van der Waals surface area contributed by atoms with Gasteiger partial charge < -0.3 is 10.2 Å². The molecule has 0 spiro atoms. The highest BCUT2D eigenvalue weighted by atomic mass is 16.4. The Morgan fingerprint density at radius 1 is 1.28 bits per heavy atom. The molecule has 136 valence electrons. The van der Waals surface area contributed by atoms with Gasteiger partial charge in [0.15, 0.2) is 5.78 Å². The van der Waals surface area contributed by atoms with Gasteiger partial charge in [0.1, 0.15) is 0 Å². The van der Waals surface area contributed by atoms with E-state index in [0.717, 1.165) is 18.4 Å². The number of aliphatic carboxylic acids is 1. The van der Waals surface area contributed by atoms with Gasteiger partial charge in [-0.3, -0.25) is 9.59 Å². The minimum absolute atomic E-state index is 0.0414. The maximum Gasteiger partial charge on any atom is 0.307 e. The number of carboxylic acid groups (broad SMARTS) is 1. The zero-order valence-electron chi connectivity index (χ0n) is 15.2. The second-order valence-electron chi connectivity index (χ2n) is 9.30. The van der Waals surface area contributed by atoms with E-state index in [1.165, 1.54) is 0 Å². The van der Waals surface area contributed by atoms with Crippen LogP contribution < -0.4 is 0 Å². The Morgan fingerprint density at radius 2 is 2.00 bits per heavy atom. The Labute approximate surface area is 149 Å². The average Bonchev–Trinajstić information content (AvgIpc) is 2.85. The smallest absolute Gasteiger partial charge is 0.307 e. The van der Waals surface area contributed by atoms with Crippen LogP contribution in [0.4, 0.5) is 0 Å². The first kappa shape index (κ1) is 17.0. The topological polar surface area (TPSA) is 74.6 Å². The Hall–Kier alpha value is -1.42. The molecular weight excluding hydrogens is 316 g/mol. The van der Waals surface area contributed by atoms with Gasteiger partial charge in [0.05, 0.1) is 12.0 Å². The van der Waals surface area contributed by atoms with Crippen LogP contribution in [0.5, 0.6) is 0 Å². The Morgan fingerprint density at radius 3 is 2.68 bits per heavy atom. The third kappa shape index (κ3) is 2.16. The fourth-order valence-electron chi connectivity index (χ4n) is 7.16. The zero-order chi connectivity index (χ0) is 18.1. The SMILES string of the molecule is C[C@H]1C[C@@H]2[C@H]([C@@H](O)C[C@]3(C)C(C(=O)O)CC[C@@H]23)[C@@]2(C)C=CC(=O)C=C12. The molecule has 3 fully saturated rings. The number of ketones is 1. The lowest BCUT2D eigenvalue weighted by atomic mass is 9.45. The minimum Gasteiger partial charge on any atom is -0.481 e. The van der Waals surface area contributed by atoms with Crippen LogP contribution in [0.1, 0.15) is 46.5 Å². The van der Waals surface area contributed by atoms with Crippen molar-refractivity contribution in [3.8, 4) is 0 Å². The summed E-state index contributed by atoms with van der Waals surface area (Å²) < 4.78 is 0. The number of aliphatic hydroxyl groups excluding tert-OH is 1. The number of rotatable bonds is 1. The lowest BCUT2D eigenvalue weighted by molar-refractivity contribution is -0.156. The van der Waals surface area contributed by atoms with Crippen LogP contribution in [0.3, 0.4) is 0 Å². The number of aliphatic hydroxyl groups is 1. The molecule has 8 atom stereocenters. The van der Waals surface area contributed by atoms with Crippen LogP contribution in [-0.2, 0) is 9.59 Å². The van der Waals surface area contributed by atoms with Crippen LogP contribution in [0.25, 0.3) is 0 Å². The van der Waals surface area contributed by atoms with E-state index in [9.17, 15) is 19.8 Å². The lowest BCUT2D eigenvalue weighted by Gasteiger charge is -2.59. The maximum atomic E-state index is 11.9. The second kappa shape index (κ2) is 5.29. The van der Waals surface area contributed by atoms with Crippen molar-refractivity contribution in [3.05, 3.63) is 23.8 Å². The largest absolute Gasteiger partial charge is 0.481 e. The molecule has 0 heterocycles. The maximum absolute atomic E-state index is 11.9. The predicted molar refractivity (Wildman–Crippen MR) is 93.7 cm³/mol. The number of hydrogen-bond acceptors (Lipinski definition) is 3. The van der Waals surface area contributed by atoms with Gasteiger partial charge in [0, 0.05) is 11.3 Å². The van der Waals surface area contributed by atoms with Crippen LogP contribution in [-0.4, -0.2) is 28.1 Å². The van der Waals surface area contributed by atoms with Crippen molar-refractivity contribution in [2.75, 3.05) is 0 Å². The summed E-state index contributed by atoms with van der Waals surface area (Å²) in [6.45, 7) is 6.42. The Kier molecular flexibility index (Phi) is 3.60. The first-order valence-electron chi connectivity index (χ1n) is 9.54. The molecule has 0 amide bonds. The van der Waals surface area contributed by atoms with Gasteiger partial charge in [-0.05, 0) is 61.0 Å². The molecule has 4 aliphatic carbocycles. The van der Waals surface area contributed by atoms with E-state index >= 15 is 0 Å². The number of carboxylic acids is 1. The lowest BCUT2D eigenvalue weighted by Crippen LogP contribution is -2.57. The Bertz CT molecular complexity index is 692. The molecular formula is C21H28O4. The first-order chi connectivity index (χ1) is 11.7. The number of carbonyl (C=O) groups is 2. The molecule has 4 heteroatoms. The molecule has 0 saturated heterocycles. The molecule has 25 heavy (non-hydrogen) atoms. The van der Waals surface area contributed by atoms with Gasteiger partial charge in [-0.25, -0.2) is 0 Å². The molecule has 0 aliphatic heterocycles. The second-order valence-corrected chi connectivity index (χ2v) is 9.30. The number of carbonyl (C=O) groups excluding carboxylic acids is 1. The molecule has 0 radical (unpaired) electrons. The molecule has 0 aromatic heterocycles. The molecule has 2 N–H and O–H groups in total. The van der Waals surface area contributed by atoms with E-state index in [0.29, 0.717) is 30.6 Å². The standard InChI is InChI=1S/C21H28O4/c1-11-8-13-14-4-5-15(19(24)25)21(14,3)10-17(23)18(13)20(2)7-6-12(22)9-16(11)20/h6-7,9,11,13-15,17-18,23H,4-5,8,10H2,1-3H3,(H,24,25)/t11-,13-,14-,15?,17-,18+,20-,21-/m0/s1. The molecule has 0 aromatic carbocycles. The van der Waals surface area contributed by atoms with Crippen molar-refractivity contribution < 1.29 is 19.8 Å². The van der Waals surface area contributed by atoms with Crippen molar-refractivity contribution in [2.24, 2.45) is 40.4 Å².